The molecule has 0 spiro atoms. The third-order valence-corrected chi connectivity index (χ3v) is 4.48. The fourth-order valence-corrected chi connectivity index (χ4v) is 3.40. The Morgan fingerprint density at radius 2 is 2.00 bits per heavy atom. The van der Waals surface area contributed by atoms with Crippen molar-refractivity contribution in [3.8, 4) is 0 Å². The fraction of sp³-hybridized carbons (Fsp3) is 0.312. The van der Waals surface area contributed by atoms with Crippen LogP contribution in [0, 0.1) is 0 Å². The van der Waals surface area contributed by atoms with Gasteiger partial charge in [0.05, 0.1) is 22.3 Å². The van der Waals surface area contributed by atoms with E-state index in [1.54, 1.807) is 11.3 Å². The van der Waals surface area contributed by atoms with Crippen LogP contribution in [-0.4, -0.2) is 19.5 Å². The number of rotatable bonds is 6. The Morgan fingerprint density at radius 1 is 1.29 bits per heavy atom. The maximum absolute atomic E-state index is 12.1. The number of quaternary nitrogens is 1. The topological polar surface area (TPSA) is 33.5 Å². The van der Waals surface area contributed by atoms with Crippen LogP contribution in [0.15, 0.2) is 42.5 Å². The molecule has 0 saturated carbocycles. The van der Waals surface area contributed by atoms with Gasteiger partial charge in [-0.15, -0.1) is 11.3 Å². The molecular formula is C16H20ClN2OS+. The van der Waals surface area contributed by atoms with Crippen molar-refractivity contribution in [1.29, 1.82) is 0 Å². The number of halogens is 1. The molecule has 112 valence electrons. The van der Waals surface area contributed by atoms with Gasteiger partial charge in [0, 0.05) is 0 Å². The molecule has 0 bridgehead atoms. The second-order valence-electron chi connectivity index (χ2n) is 5.22. The summed E-state index contributed by atoms with van der Waals surface area (Å²) in [5.41, 5.74) is 1.12. The number of nitrogens with one attached hydrogen (secondary N) is 2. The van der Waals surface area contributed by atoms with Gasteiger partial charge < -0.3 is 10.2 Å². The summed E-state index contributed by atoms with van der Waals surface area (Å²) in [7, 11) is 2.01. The number of amides is 1. The Kier molecular flexibility index (Phi) is 5.79. The lowest BCUT2D eigenvalue weighted by Gasteiger charge is -2.17. The van der Waals surface area contributed by atoms with Gasteiger partial charge in [-0.3, -0.25) is 4.79 Å². The number of carbonyl (C=O) groups is 1. The summed E-state index contributed by atoms with van der Waals surface area (Å²) in [5.74, 6) is 0.0616. The molecule has 2 rings (SSSR count). The van der Waals surface area contributed by atoms with Crippen LogP contribution in [0.5, 0.6) is 0 Å². The molecule has 2 N–H and O–H groups in total. The first-order chi connectivity index (χ1) is 10.0. The van der Waals surface area contributed by atoms with Gasteiger partial charge in [0.1, 0.15) is 6.54 Å². The number of likely N-dealkylation sites (N-methyl/N-ethyl adjacent to an activating group) is 1. The van der Waals surface area contributed by atoms with Gasteiger partial charge in [0.2, 0.25) is 0 Å². The lowest BCUT2D eigenvalue weighted by molar-refractivity contribution is -0.885. The smallest absolute Gasteiger partial charge is 0.275 e. The molecule has 1 heterocycles. The molecule has 0 aliphatic heterocycles. The zero-order chi connectivity index (χ0) is 15.2. The van der Waals surface area contributed by atoms with Crippen LogP contribution in [0.3, 0.4) is 0 Å². The van der Waals surface area contributed by atoms with Crippen molar-refractivity contribution in [2.45, 2.75) is 19.5 Å². The van der Waals surface area contributed by atoms with Gasteiger partial charge in [0.15, 0.2) is 6.54 Å². The van der Waals surface area contributed by atoms with E-state index in [1.165, 1.54) is 4.88 Å². The highest BCUT2D eigenvalue weighted by atomic mass is 35.5. The Hall–Kier alpha value is -1.36. The van der Waals surface area contributed by atoms with Crippen LogP contribution < -0.4 is 10.2 Å². The number of thiophene rings is 1. The van der Waals surface area contributed by atoms with Crippen molar-refractivity contribution in [3.63, 3.8) is 0 Å². The van der Waals surface area contributed by atoms with Crippen LogP contribution in [0.4, 0.5) is 0 Å². The third-order valence-electron chi connectivity index (χ3n) is 3.24. The SMILES string of the molecule is C[C@@H](NC(=O)C[NH+](C)Cc1ccc(Cl)s1)c1ccccc1. The maximum Gasteiger partial charge on any atom is 0.275 e. The van der Waals surface area contributed by atoms with E-state index in [-0.39, 0.29) is 11.9 Å². The maximum atomic E-state index is 12.1. The summed E-state index contributed by atoms with van der Waals surface area (Å²) in [4.78, 5) is 14.4. The predicted octanol–water partition coefficient (Wildman–Crippen LogP) is 2.29. The summed E-state index contributed by atoms with van der Waals surface area (Å²) >= 11 is 7.48. The average molecular weight is 324 g/mol. The molecule has 2 atom stereocenters. The zero-order valence-electron chi connectivity index (χ0n) is 12.2. The first-order valence-electron chi connectivity index (χ1n) is 6.94. The Balaban J connectivity index is 1.81. The van der Waals surface area contributed by atoms with Crippen LogP contribution >= 0.6 is 22.9 Å². The molecule has 2 aromatic rings. The van der Waals surface area contributed by atoms with E-state index in [9.17, 15) is 4.79 Å². The van der Waals surface area contributed by atoms with Crippen molar-refractivity contribution in [3.05, 3.63) is 57.2 Å². The number of benzene rings is 1. The largest absolute Gasteiger partial charge is 0.345 e. The monoisotopic (exact) mass is 323 g/mol. The highest BCUT2D eigenvalue weighted by Crippen LogP contribution is 2.20. The quantitative estimate of drug-likeness (QED) is 0.840. The molecule has 21 heavy (non-hydrogen) atoms. The van der Waals surface area contributed by atoms with Crippen molar-refractivity contribution in [1.82, 2.24) is 5.32 Å². The van der Waals surface area contributed by atoms with Crippen LogP contribution in [0.1, 0.15) is 23.4 Å². The van der Waals surface area contributed by atoms with Crippen molar-refractivity contribution in [2.24, 2.45) is 0 Å². The normalized spacial score (nSPS) is 13.7. The van der Waals surface area contributed by atoms with Gasteiger partial charge in [-0.25, -0.2) is 0 Å². The first kappa shape index (κ1) is 16.0. The van der Waals surface area contributed by atoms with Gasteiger partial charge >= 0.3 is 0 Å². The lowest BCUT2D eigenvalue weighted by atomic mass is 10.1. The first-order valence-corrected chi connectivity index (χ1v) is 8.14. The van der Waals surface area contributed by atoms with E-state index in [1.807, 2.05) is 56.4 Å². The Labute approximate surface area is 134 Å². The highest BCUT2D eigenvalue weighted by Gasteiger charge is 2.14. The van der Waals surface area contributed by atoms with E-state index in [2.05, 4.69) is 5.32 Å². The standard InChI is InChI=1S/C16H19ClN2OS/c1-12(13-6-4-3-5-7-13)18-16(20)11-19(2)10-14-8-9-15(17)21-14/h3-9,12H,10-11H2,1-2H3,(H,18,20)/p+1/t12-/m1/s1. The van der Waals surface area contributed by atoms with Crippen LogP contribution in [-0.2, 0) is 11.3 Å². The Morgan fingerprint density at radius 3 is 2.62 bits per heavy atom. The number of hydrogen-bond acceptors (Lipinski definition) is 2. The van der Waals surface area contributed by atoms with Crippen LogP contribution in [0.2, 0.25) is 4.34 Å². The second kappa shape index (κ2) is 7.59. The molecule has 3 nitrogen and oxygen atoms in total. The summed E-state index contributed by atoms with van der Waals surface area (Å²) in [6, 6.07) is 13.9. The minimum atomic E-state index is 0.0303. The van der Waals surface area contributed by atoms with E-state index in [0.29, 0.717) is 6.54 Å². The van der Waals surface area contributed by atoms with E-state index < -0.39 is 0 Å². The summed E-state index contributed by atoms with van der Waals surface area (Å²) < 4.78 is 0.792. The minimum Gasteiger partial charge on any atom is -0.345 e. The molecule has 1 unspecified atom stereocenters. The van der Waals surface area contributed by atoms with Gasteiger partial charge in [-0.1, -0.05) is 41.9 Å². The van der Waals surface area contributed by atoms with Crippen molar-refractivity contribution < 1.29 is 9.69 Å². The molecule has 0 aliphatic carbocycles. The van der Waals surface area contributed by atoms with Crippen LogP contribution in [0.25, 0.3) is 0 Å². The van der Waals surface area contributed by atoms with Gasteiger partial charge in [-0.2, -0.15) is 0 Å². The molecular weight excluding hydrogens is 304 g/mol. The molecule has 0 aliphatic rings. The van der Waals surface area contributed by atoms with Crippen molar-refractivity contribution in [2.75, 3.05) is 13.6 Å². The zero-order valence-corrected chi connectivity index (χ0v) is 13.8. The Bertz CT molecular complexity index is 585. The summed E-state index contributed by atoms with van der Waals surface area (Å²) in [5, 5.41) is 3.04. The molecule has 1 aromatic carbocycles. The van der Waals surface area contributed by atoms with E-state index in [0.717, 1.165) is 21.3 Å². The molecule has 0 saturated heterocycles. The average Bonchev–Trinajstić information content (AvgIpc) is 2.84. The third kappa shape index (κ3) is 5.16. The molecule has 5 heteroatoms. The molecule has 0 fully saturated rings. The van der Waals surface area contributed by atoms with Crippen molar-refractivity contribution >= 4 is 28.8 Å². The van der Waals surface area contributed by atoms with Gasteiger partial charge in [0.25, 0.3) is 5.91 Å². The summed E-state index contributed by atoms with van der Waals surface area (Å²) in [6.07, 6.45) is 0. The summed E-state index contributed by atoms with van der Waals surface area (Å²) in [6.45, 7) is 3.26. The highest BCUT2D eigenvalue weighted by molar-refractivity contribution is 7.16. The number of carbonyl (C=O) groups excluding carboxylic acids is 1. The predicted molar refractivity (Wildman–Crippen MR) is 87.8 cm³/mol. The molecule has 1 amide bonds. The molecule has 0 radical (unpaired) electrons. The second-order valence-corrected chi connectivity index (χ2v) is 7.02. The van der Waals surface area contributed by atoms with E-state index in [4.69, 9.17) is 11.6 Å². The molecule has 1 aromatic heterocycles. The number of hydrogen-bond donors (Lipinski definition) is 2. The van der Waals surface area contributed by atoms with Gasteiger partial charge in [-0.05, 0) is 24.6 Å². The minimum absolute atomic E-state index is 0.0303. The lowest BCUT2D eigenvalue weighted by Crippen LogP contribution is -3.08. The fourth-order valence-electron chi connectivity index (χ4n) is 2.20. The van der Waals surface area contributed by atoms with E-state index >= 15 is 0 Å².